The standard InChI is InChI=1S/C20H28F2N6O2S/c1-12-8-13-9-24-20(26-19(13)28(12)18-4-6-23-10-15(18)21)25-17-5-7-27(11-16(17)22)31(29,30)14-2-3-14/h8-9,14-18,23H,2-7,10-11H2,1H3,(H,24,25,26)/t15-,16-,17-,18+/m1/s1. The maximum atomic E-state index is 14.9. The minimum absolute atomic E-state index is 0.146. The fourth-order valence-corrected chi connectivity index (χ4v) is 6.60. The Balaban J connectivity index is 1.34. The van der Waals surface area contributed by atoms with E-state index in [1.54, 1.807) is 6.20 Å². The number of rotatable bonds is 5. The van der Waals surface area contributed by atoms with Crippen molar-refractivity contribution in [1.29, 1.82) is 0 Å². The van der Waals surface area contributed by atoms with Gasteiger partial charge < -0.3 is 15.2 Å². The Morgan fingerprint density at radius 3 is 2.71 bits per heavy atom. The molecule has 8 nitrogen and oxygen atoms in total. The largest absolute Gasteiger partial charge is 0.348 e. The van der Waals surface area contributed by atoms with Crippen LogP contribution in [0.2, 0.25) is 0 Å². The molecule has 3 aliphatic rings. The molecule has 11 heteroatoms. The van der Waals surface area contributed by atoms with Crippen molar-refractivity contribution in [2.75, 3.05) is 31.5 Å². The van der Waals surface area contributed by atoms with Crippen molar-refractivity contribution in [2.45, 2.75) is 62.3 Å². The van der Waals surface area contributed by atoms with Gasteiger partial charge in [0.15, 0.2) is 0 Å². The highest BCUT2D eigenvalue weighted by Crippen LogP contribution is 2.33. The average molecular weight is 455 g/mol. The highest BCUT2D eigenvalue weighted by atomic mass is 32.2. The van der Waals surface area contributed by atoms with Gasteiger partial charge in [0, 0.05) is 36.9 Å². The fraction of sp³-hybridized carbons (Fsp3) is 0.700. The predicted octanol–water partition coefficient (Wildman–Crippen LogP) is 1.93. The summed E-state index contributed by atoms with van der Waals surface area (Å²) in [6.45, 7) is 3.12. The van der Waals surface area contributed by atoms with Gasteiger partial charge in [0.1, 0.15) is 18.0 Å². The van der Waals surface area contributed by atoms with Crippen LogP contribution in [0.15, 0.2) is 12.3 Å². The number of fused-ring (bicyclic) bond motifs is 1. The van der Waals surface area contributed by atoms with Crippen molar-refractivity contribution in [3.8, 4) is 0 Å². The molecular formula is C20H28F2N6O2S. The van der Waals surface area contributed by atoms with Gasteiger partial charge in [-0.15, -0.1) is 0 Å². The smallest absolute Gasteiger partial charge is 0.224 e. The summed E-state index contributed by atoms with van der Waals surface area (Å²) in [6, 6.07) is 1.07. The zero-order chi connectivity index (χ0) is 21.8. The van der Waals surface area contributed by atoms with E-state index in [2.05, 4.69) is 20.6 Å². The molecule has 0 radical (unpaired) electrons. The number of alkyl halides is 2. The van der Waals surface area contributed by atoms with Crippen molar-refractivity contribution in [2.24, 2.45) is 0 Å². The Bertz CT molecular complexity index is 1070. The fourth-order valence-electron chi connectivity index (χ4n) is 4.74. The second-order valence-corrected chi connectivity index (χ2v) is 11.1. The Morgan fingerprint density at radius 1 is 1.19 bits per heavy atom. The van der Waals surface area contributed by atoms with Crippen LogP contribution in [0.4, 0.5) is 14.7 Å². The molecule has 2 N–H and O–H groups in total. The lowest BCUT2D eigenvalue weighted by atomic mass is 10.0. The van der Waals surface area contributed by atoms with Gasteiger partial charge in [0.2, 0.25) is 16.0 Å². The van der Waals surface area contributed by atoms with Crippen LogP contribution in [-0.2, 0) is 10.0 Å². The molecule has 0 unspecified atom stereocenters. The second-order valence-electron chi connectivity index (χ2n) is 8.86. The van der Waals surface area contributed by atoms with E-state index in [9.17, 15) is 17.2 Å². The van der Waals surface area contributed by atoms with Gasteiger partial charge in [-0.25, -0.2) is 22.2 Å². The number of piperidine rings is 2. The molecule has 2 saturated heterocycles. The van der Waals surface area contributed by atoms with Gasteiger partial charge in [0.25, 0.3) is 0 Å². The molecule has 3 fully saturated rings. The van der Waals surface area contributed by atoms with E-state index >= 15 is 0 Å². The molecule has 1 aliphatic carbocycles. The summed E-state index contributed by atoms with van der Waals surface area (Å²) in [5.41, 5.74) is 1.55. The van der Waals surface area contributed by atoms with Gasteiger partial charge in [-0.2, -0.15) is 9.29 Å². The summed E-state index contributed by atoms with van der Waals surface area (Å²) in [5, 5.41) is 6.60. The van der Waals surface area contributed by atoms with E-state index in [-0.39, 0.29) is 30.3 Å². The van der Waals surface area contributed by atoms with Crippen molar-refractivity contribution in [3.05, 3.63) is 18.0 Å². The quantitative estimate of drug-likeness (QED) is 0.717. The van der Waals surface area contributed by atoms with E-state index in [4.69, 9.17) is 0 Å². The first-order valence-corrected chi connectivity index (χ1v) is 12.4. The molecule has 5 rings (SSSR count). The number of aryl methyl sites for hydroxylation is 1. The first-order chi connectivity index (χ1) is 14.8. The molecule has 31 heavy (non-hydrogen) atoms. The van der Waals surface area contributed by atoms with Gasteiger partial charge in [-0.1, -0.05) is 0 Å². The number of halogens is 2. The summed E-state index contributed by atoms with van der Waals surface area (Å²) >= 11 is 0. The highest BCUT2D eigenvalue weighted by molar-refractivity contribution is 7.90. The molecule has 0 amide bonds. The maximum Gasteiger partial charge on any atom is 0.224 e. The number of nitrogens with one attached hydrogen (secondary N) is 2. The molecule has 2 aromatic heterocycles. The minimum atomic E-state index is -3.38. The van der Waals surface area contributed by atoms with Crippen molar-refractivity contribution in [3.63, 3.8) is 0 Å². The lowest BCUT2D eigenvalue weighted by molar-refractivity contribution is 0.184. The number of aromatic nitrogens is 3. The lowest BCUT2D eigenvalue weighted by Gasteiger charge is -2.34. The Kier molecular flexibility index (Phi) is 5.38. The third kappa shape index (κ3) is 3.91. The summed E-state index contributed by atoms with van der Waals surface area (Å²) in [4.78, 5) is 8.92. The van der Waals surface area contributed by atoms with Crippen LogP contribution in [-0.4, -0.2) is 77.1 Å². The highest BCUT2D eigenvalue weighted by Gasteiger charge is 2.43. The maximum absolute atomic E-state index is 14.9. The van der Waals surface area contributed by atoms with E-state index < -0.39 is 28.4 Å². The van der Waals surface area contributed by atoms with E-state index in [1.165, 1.54) is 4.31 Å². The molecule has 170 valence electrons. The van der Waals surface area contributed by atoms with Crippen molar-refractivity contribution in [1.82, 2.24) is 24.2 Å². The lowest BCUT2D eigenvalue weighted by Crippen LogP contribution is -2.50. The Morgan fingerprint density at radius 2 is 2.00 bits per heavy atom. The van der Waals surface area contributed by atoms with E-state index in [0.717, 1.165) is 17.6 Å². The van der Waals surface area contributed by atoms with Gasteiger partial charge in [0.05, 0.1) is 17.3 Å². The summed E-state index contributed by atoms with van der Waals surface area (Å²) in [7, 11) is -3.38. The molecular weight excluding hydrogens is 426 g/mol. The topological polar surface area (TPSA) is 92.2 Å². The van der Waals surface area contributed by atoms with Crippen LogP contribution in [0.3, 0.4) is 0 Å². The van der Waals surface area contributed by atoms with Crippen LogP contribution < -0.4 is 10.6 Å². The van der Waals surface area contributed by atoms with Gasteiger partial charge in [-0.3, -0.25) is 0 Å². The van der Waals surface area contributed by atoms with Crippen LogP contribution in [0.5, 0.6) is 0 Å². The predicted molar refractivity (Wildman–Crippen MR) is 114 cm³/mol. The third-order valence-corrected chi connectivity index (χ3v) is 8.96. The van der Waals surface area contributed by atoms with Crippen LogP contribution >= 0.6 is 0 Å². The second kappa shape index (κ2) is 7.93. The van der Waals surface area contributed by atoms with Crippen molar-refractivity contribution < 1.29 is 17.2 Å². The van der Waals surface area contributed by atoms with Crippen LogP contribution in [0, 0.1) is 6.92 Å². The Labute approximate surface area is 180 Å². The number of hydrogen-bond acceptors (Lipinski definition) is 6. The zero-order valence-electron chi connectivity index (χ0n) is 17.5. The molecule has 4 atom stereocenters. The SMILES string of the molecule is Cc1cc2cnc(N[C@@H]3CCN(S(=O)(=O)C4CC4)C[C@H]3F)nc2n1[C@H]1CCNC[C@H]1F. The number of anilines is 1. The minimum Gasteiger partial charge on any atom is -0.348 e. The van der Waals surface area contributed by atoms with Crippen LogP contribution in [0.1, 0.15) is 37.4 Å². The molecule has 2 aromatic rings. The average Bonchev–Trinajstić information content (AvgIpc) is 3.54. The Hall–Kier alpha value is -1.85. The molecule has 4 heterocycles. The molecule has 0 spiro atoms. The summed E-state index contributed by atoms with van der Waals surface area (Å²) in [5.74, 6) is 0.280. The number of sulfonamides is 1. The van der Waals surface area contributed by atoms with Gasteiger partial charge in [-0.05, 0) is 45.2 Å². The summed E-state index contributed by atoms with van der Waals surface area (Å²) in [6.07, 6.45) is 1.65. The first kappa shape index (κ1) is 21.0. The molecule has 0 bridgehead atoms. The van der Waals surface area contributed by atoms with E-state index in [1.807, 2.05) is 17.6 Å². The zero-order valence-corrected chi connectivity index (χ0v) is 18.3. The molecule has 2 aliphatic heterocycles. The van der Waals surface area contributed by atoms with Gasteiger partial charge >= 0.3 is 0 Å². The normalized spacial score (nSPS) is 30.5. The molecule has 0 aromatic carbocycles. The van der Waals surface area contributed by atoms with Crippen molar-refractivity contribution >= 4 is 27.0 Å². The first-order valence-electron chi connectivity index (χ1n) is 10.9. The number of nitrogens with zero attached hydrogens (tertiary/aromatic N) is 4. The third-order valence-electron chi connectivity index (χ3n) is 6.60. The summed E-state index contributed by atoms with van der Waals surface area (Å²) < 4.78 is 57.4. The van der Waals surface area contributed by atoms with E-state index in [0.29, 0.717) is 37.9 Å². The monoisotopic (exact) mass is 454 g/mol. The van der Waals surface area contributed by atoms with Crippen LogP contribution in [0.25, 0.3) is 11.0 Å². The number of hydrogen-bond donors (Lipinski definition) is 2. The molecule has 1 saturated carbocycles.